The summed E-state index contributed by atoms with van der Waals surface area (Å²) in [4.78, 5) is 11.4. The van der Waals surface area contributed by atoms with Crippen LogP contribution in [0.15, 0.2) is 24.3 Å². The molecule has 1 aromatic carbocycles. The van der Waals surface area contributed by atoms with E-state index >= 15 is 0 Å². The molecular weight excluding hydrogens is 230 g/mol. The summed E-state index contributed by atoms with van der Waals surface area (Å²) in [5, 5.41) is 0. The summed E-state index contributed by atoms with van der Waals surface area (Å²) < 4.78 is 5.54. The van der Waals surface area contributed by atoms with E-state index in [2.05, 4.69) is 10.9 Å². The first-order valence-corrected chi connectivity index (χ1v) is 6.00. The first-order chi connectivity index (χ1) is 8.52. The van der Waals surface area contributed by atoms with Crippen molar-refractivity contribution in [1.82, 2.24) is 10.9 Å². The monoisotopic (exact) mass is 251 g/mol. The van der Waals surface area contributed by atoms with Gasteiger partial charge in [0, 0.05) is 19.5 Å². The van der Waals surface area contributed by atoms with Crippen LogP contribution >= 0.6 is 0 Å². The van der Waals surface area contributed by atoms with Crippen molar-refractivity contribution in [2.75, 3.05) is 7.05 Å². The second kappa shape index (κ2) is 6.98. The standard InChI is InChI=1S/C13H21N3O2/c1-9(2)18-11-6-4-10(5-7-11)12(14)8-13(17)16-15-3/h4-7,9,12,15H,8,14H2,1-3H3,(H,16,17). The summed E-state index contributed by atoms with van der Waals surface area (Å²) >= 11 is 0. The first kappa shape index (κ1) is 14.5. The fraction of sp³-hybridized carbons (Fsp3) is 0.462. The molecule has 0 aliphatic rings. The molecule has 1 amide bonds. The Hall–Kier alpha value is -1.59. The number of hydrogen-bond donors (Lipinski definition) is 3. The molecular formula is C13H21N3O2. The van der Waals surface area contributed by atoms with Gasteiger partial charge < -0.3 is 10.5 Å². The molecule has 5 nitrogen and oxygen atoms in total. The largest absolute Gasteiger partial charge is 0.491 e. The van der Waals surface area contributed by atoms with Crippen molar-refractivity contribution in [1.29, 1.82) is 0 Å². The molecule has 0 aromatic heterocycles. The molecule has 100 valence electrons. The van der Waals surface area contributed by atoms with Crippen LogP contribution in [0.1, 0.15) is 31.9 Å². The number of nitrogens with one attached hydrogen (secondary N) is 2. The number of nitrogens with two attached hydrogens (primary N) is 1. The minimum Gasteiger partial charge on any atom is -0.491 e. The van der Waals surface area contributed by atoms with Gasteiger partial charge >= 0.3 is 0 Å². The molecule has 0 fully saturated rings. The zero-order valence-corrected chi connectivity index (χ0v) is 11.1. The molecule has 0 saturated carbocycles. The van der Waals surface area contributed by atoms with Crippen molar-refractivity contribution in [3.8, 4) is 5.75 Å². The van der Waals surface area contributed by atoms with Crippen LogP contribution in [0.4, 0.5) is 0 Å². The molecule has 5 heteroatoms. The molecule has 4 N–H and O–H groups in total. The van der Waals surface area contributed by atoms with Crippen LogP contribution in [0.3, 0.4) is 0 Å². The zero-order valence-electron chi connectivity index (χ0n) is 11.1. The number of carbonyl (C=O) groups is 1. The van der Waals surface area contributed by atoms with Crippen LogP contribution in [0, 0.1) is 0 Å². The molecule has 0 aliphatic heterocycles. The summed E-state index contributed by atoms with van der Waals surface area (Å²) in [5.74, 6) is 0.674. The van der Waals surface area contributed by atoms with Crippen molar-refractivity contribution in [3.63, 3.8) is 0 Å². The Morgan fingerprint density at radius 2 is 1.94 bits per heavy atom. The lowest BCUT2D eigenvalue weighted by Gasteiger charge is -2.14. The highest BCUT2D eigenvalue weighted by molar-refractivity contribution is 5.76. The van der Waals surface area contributed by atoms with E-state index in [4.69, 9.17) is 10.5 Å². The molecule has 1 aromatic rings. The van der Waals surface area contributed by atoms with Gasteiger partial charge in [0.05, 0.1) is 6.10 Å². The third kappa shape index (κ3) is 4.73. The fourth-order valence-corrected chi connectivity index (χ4v) is 1.57. The van der Waals surface area contributed by atoms with E-state index in [0.29, 0.717) is 0 Å². The Morgan fingerprint density at radius 1 is 1.33 bits per heavy atom. The average molecular weight is 251 g/mol. The van der Waals surface area contributed by atoms with Gasteiger partial charge in [0.2, 0.25) is 5.91 Å². The number of ether oxygens (including phenoxy) is 1. The lowest BCUT2D eigenvalue weighted by molar-refractivity contribution is -0.122. The lowest BCUT2D eigenvalue weighted by Crippen LogP contribution is -2.36. The summed E-state index contributed by atoms with van der Waals surface area (Å²) in [5.41, 5.74) is 11.9. The third-order valence-corrected chi connectivity index (χ3v) is 2.35. The molecule has 1 atom stereocenters. The van der Waals surface area contributed by atoms with Gasteiger partial charge in [0.15, 0.2) is 0 Å². The lowest BCUT2D eigenvalue weighted by atomic mass is 10.0. The normalized spacial score (nSPS) is 12.3. The van der Waals surface area contributed by atoms with E-state index in [-0.39, 0.29) is 24.5 Å². The van der Waals surface area contributed by atoms with E-state index in [1.165, 1.54) is 0 Å². The zero-order chi connectivity index (χ0) is 13.5. The Balaban J connectivity index is 2.58. The van der Waals surface area contributed by atoms with E-state index in [9.17, 15) is 4.79 Å². The van der Waals surface area contributed by atoms with E-state index in [1.54, 1.807) is 7.05 Å². The number of rotatable bonds is 6. The molecule has 1 unspecified atom stereocenters. The third-order valence-electron chi connectivity index (χ3n) is 2.35. The Morgan fingerprint density at radius 3 is 2.44 bits per heavy atom. The van der Waals surface area contributed by atoms with Crippen molar-refractivity contribution in [2.24, 2.45) is 5.73 Å². The Labute approximate surface area is 108 Å². The summed E-state index contributed by atoms with van der Waals surface area (Å²) in [6, 6.07) is 7.19. The quantitative estimate of drug-likeness (QED) is 0.662. The summed E-state index contributed by atoms with van der Waals surface area (Å²) in [6.45, 7) is 3.95. The van der Waals surface area contributed by atoms with Crippen molar-refractivity contribution in [2.45, 2.75) is 32.4 Å². The first-order valence-electron chi connectivity index (χ1n) is 6.00. The highest BCUT2D eigenvalue weighted by Gasteiger charge is 2.11. The second-order valence-corrected chi connectivity index (χ2v) is 4.34. The van der Waals surface area contributed by atoms with Gasteiger partial charge in [0.1, 0.15) is 5.75 Å². The highest BCUT2D eigenvalue weighted by atomic mass is 16.5. The van der Waals surface area contributed by atoms with Crippen LogP contribution < -0.4 is 21.3 Å². The molecule has 0 aliphatic carbocycles. The van der Waals surface area contributed by atoms with Gasteiger partial charge in [-0.2, -0.15) is 0 Å². The molecule has 1 rings (SSSR count). The minimum absolute atomic E-state index is 0.132. The molecule has 0 radical (unpaired) electrons. The molecule has 0 saturated heterocycles. The SMILES string of the molecule is CNNC(=O)CC(N)c1ccc(OC(C)C)cc1. The van der Waals surface area contributed by atoms with Crippen LogP contribution in [0.25, 0.3) is 0 Å². The maximum atomic E-state index is 11.4. The van der Waals surface area contributed by atoms with Gasteiger partial charge in [-0.1, -0.05) is 12.1 Å². The van der Waals surface area contributed by atoms with Crippen molar-refractivity contribution in [3.05, 3.63) is 29.8 Å². The predicted molar refractivity (Wildman–Crippen MR) is 71.0 cm³/mol. The summed E-state index contributed by atoms with van der Waals surface area (Å²) in [7, 11) is 1.64. The minimum atomic E-state index is -0.313. The fourth-order valence-electron chi connectivity index (χ4n) is 1.57. The summed E-state index contributed by atoms with van der Waals surface area (Å²) in [6.07, 6.45) is 0.386. The topological polar surface area (TPSA) is 76.4 Å². The Bertz CT molecular complexity index is 376. The van der Waals surface area contributed by atoms with E-state index in [0.717, 1.165) is 11.3 Å². The average Bonchev–Trinajstić information content (AvgIpc) is 2.29. The number of carbonyl (C=O) groups excluding carboxylic acids is 1. The Kier molecular flexibility index (Phi) is 5.61. The molecule has 0 spiro atoms. The van der Waals surface area contributed by atoms with E-state index < -0.39 is 0 Å². The van der Waals surface area contributed by atoms with E-state index in [1.807, 2.05) is 38.1 Å². The molecule has 0 bridgehead atoms. The molecule has 18 heavy (non-hydrogen) atoms. The van der Waals surface area contributed by atoms with Crippen LogP contribution in [-0.4, -0.2) is 19.1 Å². The van der Waals surface area contributed by atoms with Crippen LogP contribution in [-0.2, 0) is 4.79 Å². The van der Waals surface area contributed by atoms with Gasteiger partial charge in [-0.05, 0) is 31.5 Å². The maximum absolute atomic E-state index is 11.4. The van der Waals surface area contributed by atoms with Gasteiger partial charge in [-0.15, -0.1) is 0 Å². The van der Waals surface area contributed by atoms with Crippen LogP contribution in [0.2, 0.25) is 0 Å². The maximum Gasteiger partial charge on any atom is 0.235 e. The smallest absolute Gasteiger partial charge is 0.235 e. The second-order valence-electron chi connectivity index (χ2n) is 4.34. The van der Waals surface area contributed by atoms with Crippen molar-refractivity contribution < 1.29 is 9.53 Å². The number of amides is 1. The number of hydrazine groups is 1. The highest BCUT2D eigenvalue weighted by Crippen LogP contribution is 2.19. The van der Waals surface area contributed by atoms with Gasteiger partial charge in [-0.3, -0.25) is 10.2 Å². The van der Waals surface area contributed by atoms with Crippen LogP contribution in [0.5, 0.6) is 5.75 Å². The van der Waals surface area contributed by atoms with Gasteiger partial charge in [0.25, 0.3) is 0 Å². The number of hydrogen-bond acceptors (Lipinski definition) is 4. The molecule has 0 heterocycles. The number of benzene rings is 1. The predicted octanol–water partition coefficient (Wildman–Crippen LogP) is 1.11. The van der Waals surface area contributed by atoms with Gasteiger partial charge in [-0.25, -0.2) is 5.43 Å². The van der Waals surface area contributed by atoms with Crippen molar-refractivity contribution >= 4 is 5.91 Å².